The number of aromatic nitrogens is 1. The fraction of sp³-hybridized carbons (Fsp3) is 0.333. The number of rotatable bonds is 1. The van der Waals surface area contributed by atoms with Gasteiger partial charge in [0.05, 0.1) is 27.7 Å². The average Bonchev–Trinajstić information content (AvgIpc) is 2.84. The van der Waals surface area contributed by atoms with Crippen LogP contribution in [0, 0.1) is 6.92 Å². The molecule has 0 amide bonds. The number of fused-ring (bicyclic) bond motifs is 3. The van der Waals surface area contributed by atoms with E-state index in [1.807, 2.05) is 0 Å². The summed E-state index contributed by atoms with van der Waals surface area (Å²) in [6.07, 6.45) is -15.2. The van der Waals surface area contributed by atoms with Gasteiger partial charge in [-0.05, 0) is 43.7 Å². The molecule has 152 valence electrons. The Labute approximate surface area is 152 Å². The van der Waals surface area contributed by atoms with E-state index in [0.29, 0.717) is 6.07 Å². The zero-order valence-corrected chi connectivity index (χ0v) is 14.4. The van der Waals surface area contributed by atoms with Gasteiger partial charge < -0.3 is 4.57 Å². The van der Waals surface area contributed by atoms with E-state index < -0.39 is 51.6 Å². The summed E-state index contributed by atoms with van der Waals surface area (Å²) in [5.41, 5.74) is -5.59. The van der Waals surface area contributed by atoms with E-state index in [0.717, 1.165) is 10.6 Å². The standard InChI is InChI=1S/C18H12F9N/c1-3-28-14-10(4-8(2)5-12(14)17(22,23)24)11-6-9(16(19,20)21)7-13(15(11)28)18(25,26)27/h4-7H,3H2,1-2H3. The van der Waals surface area contributed by atoms with Gasteiger partial charge in [0.1, 0.15) is 0 Å². The molecule has 0 saturated carbocycles. The molecule has 0 saturated heterocycles. The van der Waals surface area contributed by atoms with Crippen LogP contribution in [0.25, 0.3) is 21.8 Å². The summed E-state index contributed by atoms with van der Waals surface area (Å²) in [4.78, 5) is 0. The molecule has 3 rings (SSSR count). The molecule has 2 aromatic carbocycles. The van der Waals surface area contributed by atoms with Crippen LogP contribution in [0.5, 0.6) is 0 Å². The summed E-state index contributed by atoms with van der Waals surface area (Å²) in [6, 6.07) is 2.34. The van der Waals surface area contributed by atoms with Crippen LogP contribution in [-0.2, 0) is 25.1 Å². The quantitative estimate of drug-likeness (QED) is 0.373. The monoisotopic (exact) mass is 413 g/mol. The molecule has 0 spiro atoms. The van der Waals surface area contributed by atoms with Gasteiger partial charge in [-0.1, -0.05) is 0 Å². The molecule has 1 aromatic heterocycles. The van der Waals surface area contributed by atoms with E-state index in [2.05, 4.69) is 0 Å². The second kappa shape index (κ2) is 6.05. The molecule has 3 aromatic rings. The maximum absolute atomic E-state index is 13.5. The van der Waals surface area contributed by atoms with Gasteiger partial charge in [0.2, 0.25) is 0 Å². The maximum Gasteiger partial charge on any atom is 0.418 e. The summed E-state index contributed by atoms with van der Waals surface area (Å²) in [5, 5.41) is -0.825. The van der Waals surface area contributed by atoms with Crippen LogP contribution in [0.3, 0.4) is 0 Å². The summed E-state index contributed by atoms with van der Waals surface area (Å²) < 4.78 is 121. The molecular formula is C18H12F9N. The van der Waals surface area contributed by atoms with Gasteiger partial charge in [0.15, 0.2) is 0 Å². The van der Waals surface area contributed by atoms with E-state index in [1.54, 1.807) is 0 Å². The predicted molar refractivity (Wildman–Crippen MR) is 84.9 cm³/mol. The molecule has 1 nitrogen and oxygen atoms in total. The summed E-state index contributed by atoms with van der Waals surface area (Å²) in [6.45, 7) is 2.33. The van der Waals surface area contributed by atoms with Crippen molar-refractivity contribution in [1.29, 1.82) is 0 Å². The lowest BCUT2D eigenvalue weighted by molar-refractivity contribution is -0.142. The smallest absolute Gasteiger partial charge is 0.340 e. The minimum absolute atomic E-state index is 0.0620. The van der Waals surface area contributed by atoms with Gasteiger partial charge in [-0.3, -0.25) is 0 Å². The first kappa shape index (κ1) is 20.3. The second-order valence-corrected chi connectivity index (χ2v) is 6.37. The van der Waals surface area contributed by atoms with Gasteiger partial charge in [-0.2, -0.15) is 39.5 Å². The Kier molecular flexibility index (Phi) is 4.40. The minimum Gasteiger partial charge on any atom is -0.340 e. The number of nitrogens with zero attached hydrogens (tertiary/aromatic N) is 1. The molecule has 0 N–H and O–H groups in total. The van der Waals surface area contributed by atoms with Crippen molar-refractivity contribution in [1.82, 2.24) is 4.57 Å². The third-order valence-electron chi connectivity index (χ3n) is 4.45. The largest absolute Gasteiger partial charge is 0.418 e. The van der Waals surface area contributed by atoms with Crippen LogP contribution in [0.2, 0.25) is 0 Å². The minimum atomic E-state index is -5.19. The highest BCUT2D eigenvalue weighted by atomic mass is 19.4. The molecule has 0 atom stereocenters. The SMILES string of the molecule is CCn1c2c(C(F)(F)F)cc(C)cc2c2cc(C(F)(F)F)cc(C(F)(F)F)c21. The first-order chi connectivity index (χ1) is 12.7. The van der Waals surface area contributed by atoms with Crippen LogP contribution >= 0.6 is 0 Å². The molecule has 0 fully saturated rings. The van der Waals surface area contributed by atoms with Crippen LogP contribution < -0.4 is 0 Å². The first-order valence-electron chi connectivity index (χ1n) is 7.98. The summed E-state index contributed by atoms with van der Waals surface area (Å²) in [5.74, 6) is 0. The highest BCUT2D eigenvalue weighted by Gasteiger charge is 2.41. The van der Waals surface area contributed by atoms with Crippen LogP contribution in [-0.4, -0.2) is 4.57 Å². The average molecular weight is 413 g/mol. The fourth-order valence-electron chi connectivity index (χ4n) is 3.43. The van der Waals surface area contributed by atoms with Crippen molar-refractivity contribution in [3.8, 4) is 0 Å². The number of hydrogen-bond acceptors (Lipinski definition) is 0. The predicted octanol–water partition coefficient (Wildman–Crippen LogP) is 7.18. The topological polar surface area (TPSA) is 4.93 Å². The summed E-state index contributed by atoms with van der Waals surface area (Å²) in [7, 11) is 0. The molecule has 28 heavy (non-hydrogen) atoms. The highest BCUT2D eigenvalue weighted by Crippen LogP contribution is 2.46. The lowest BCUT2D eigenvalue weighted by Gasteiger charge is -2.16. The molecule has 0 aliphatic carbocycles. The van der Waals surface area contributed by atoms with E-state index in [-0.39, 0.29) is 23.6 Å². The third-order valence-corrected chi connectivity index (χ3v) is 4.45. The van der Waals surface area contributed by atoms with Gasteiger partial charge >= 0.3 is 18.5 Å². The van der Waals surface area contributed by atoms with E-state index >= 15 is 0 Å². The van der Waals surface area contributed by atoms with Gasteiger partial charge in [0, 0.05) is 17.3 Å². The molecule has 0 aliphatic heterocycles. The molecule has 10 heteroatoms. The Morgan fingerprint density at radius 3 is 1.57 bits per heavy atom. The molecule has 0 unspecified atom stereocenters. The van der Waals surface area contributed by atoms with Crippen molar-refractivity contribution in [3.05, 3.63) is 46.5 Å². The second-order valence-electron chi connectivity index (χ2n) is 6.37. The molecular weight excluding hydrogens is 401 g/mol. The van der Waals surface area contributed by atoms with Crippen LogP contribution in [0.15, 0.2) is 24.3 Å². The number of alkyl halides is 9. The van der Waals surface area contributed by atoms with Crippen molar-refractivity contribution in [2.24, 2.45) is 0 Å². The van der Waals surface area contributed by atoms with Crippen molar-refractivity contribution in [2.45, 2.75) is 38.9 Å². The molecule has 0 bridgehead atoms. The Hall–Kier alpha value is -2.39. The number of halogens is 9. The third kappa shape index (κ3) is 3.18. The van der Waals surface area contributed by atoms with Gasteiger partial charge in [-0.15, -0.1) is 0 Å². The summed E-state index contributed by atoms with van der Waals surface area (Å²) >= 11 is 0. The normalized spacial score (nSPS) is 13.7. The first-order valence-corrected chi connectivity index (χ1v) is 7.98. The van der Waals surface area contributed by atoms with Crippen molar-refractivity contribution in [2.75, 3.05) is 0 Å². The molecule has 0 aliphatic rings. The van der Waals surface area contributed by atoms with E-state index in [1.165, 1.54) is 19.9 Å². The van der Waals surface area contributed by atoms with Crippen molar-refractivity contribution in [3.63, 3.8) is 0 Å². The molecule has 0 radical (unpaired) electrons. The maximum atomic E-state index is 13.5. The number of benzene rings is 2. The zero-order valence-electron chi connectivity index (χ0n) is 14.4. The lowest BCUT2D eigenvalue weighted by atomic mass is 10.0. The Balaban J connectivity index is 2.67. The Morgan fingerprint density at radius 2 is 1.14 bits per heavy atom. The van der Waals surface area contributed by atoms with Crippen LogP contribution in [0.4, 0.5) is 39.5 Å². The molecule has 1 heterocycles. The number of aryl methyl sites for hydroxylation is 2. The van der Waals surface area contributed by atoms with Gasteiger partial charge in [-0.25, -0.2) is 0 Å². The van der Waals surface area contributed by atoms with Crippen molar-refractivity contribution < 1.29 is 39.5 Å². The lowest BCUT2D eigenvalue weighted by Crippen LogP contribution is -2.13. The van der Waals surface area contributed by atoms with Crippen molar-refractivity contribution >= 4 is 21.8 Å². The van der Waals surface area contributed by atoms with E-state index in [9.17, 15) is 39.5 Å². The Bertz CT molecular complexity index is 1070. The Morgan fingerprint density at radius 1 is 0.679 bits per heavy atom. The van der Waals surface area contributed by atoms with Crippen LogP contribution in [0.1, 0.15) is 29.2 Å². The highest BCUT2D eigenvalue weighted by molar-refractivity contribution is 6.11. The fourth-order valence-corrected chi connectivity index (χ4v) is 3.43. The van der Waals surface area contributed by atoms with Gasteiger partial charge in [0.25, 0.3) is 0 Å². The number of hydrogen-bond donors (Lipinski definition) is 0. The van der Waals surface area contributed by atoms with E-state index in [4.69, 9.17) is 0 Å². The zero-order chi connectivity index (χ0) is 21.2.